The third-order valence-electron chi connectivity index (χ3n) is 3.23. The van der Waals surface area contributed by atoms with Gasteiger partial charge in [-0.15, -0.1) is 0 Å². The molecule has 1 nitrogen and oxygen atoms in total. The first kappa shape index (κ1) is 14.0. The highest BCUT2D eigenvalue weighted by Crippen LogP contribution is 2.21. The van der Waals surface area contributed by atoms with Crippen molar-refractivity contribution in [3.8, 4) is 0 Å². The van der Waals surface area contributed by atoms with Gasteiger partial charge in [0.15, 0.2) is 5.78 Å². The van der Waals surface area contributed by atoms with Gasteiger partial charge >= 0.3 is 0 Å². The molecule has 0 heterocycles. The van der Waals surface area contributed by atoms with Crippen LogP contribution in [0, 0.1) is 5.92 Å². The fourth-order valence-corrected chi connectivity index (χ4v) is 2.25. The van der Waals surface area contributed by atoms with Crippen molar-refractivity contribution in [3.05, 3.63) is 35.9 Å². The predicted molar refractivity (Wildman–Crippen MR) is 73.3 cm³/mol. The van der Waals surface area contributed by atoms with E-state index in [4.69, 9.17) is 0 Å². The Morgan fingerprint density at radius 3 is 2.35 bits per heavy atom. The first-order valence-electron chi connectivity index (χ1n) is 6.86. The second-order valence-corrected chi connectivity index (χ2v) is 4.79. The topological polar surface area (TPSA) is 17.1 Å². The number of hydrogen-bond donors (Lipinski definition) is 0. The maximum atomic E-state index is 12.1. The number of carbonyl (C=O) groups is 1. The maximum absolute atomic E-state index is 12.1. The molecule has 1 rings (SSSR count). The van der Waals surface area contributed by atoms with Crippen LogP contribution in [0.25, 0.3) is 0 Å². The van der Waals surface area contributed by atoms with Crippen molar-refractivity contribution in [1.29, 1.82) is 0 Å². The maximum Gasteiger partial charge on any atom is 0.163 e. The molecule has 0 aliphatic heterocycles. The summed E-state index contributed by atoms with van der Waals surface area (Å²) in [5, 5.41) is 0. The number of Topliss-reactive ketones (excluding diaryl/α,β-unsaturated/α-hetero) is 1. The molecule has 1 unspecified atom stereocenters. The Balaban J connectivity index is 2.51. The number of unbranched alkanes of at least 4 members (excludes halogenated alkanes) is 1. The van der Waals surface area contributed by atoms with E-state index >= 15 is 0 Å². The van der Waals surface area contributed by atoms with Crippen LogP contribution in [0.4, 0.5) is 0 Å². The van der Waals surface area contributed by atoms with Crippen LogP contribution in [0.2, 0.25) is 0 Å². The van der Waals surface area contributed by atoms with Crippen molar-refractivity contribution in [2.24, 2.45) is 5.92 Å². The fourth-order valence-electron chi connectivity index (χ4n) is 2.25. The van der Waals surface area contributed by atoms with Crippen LogP contribution in [0.1, 0.15) is 62.7 Å². The van der Waals surface area contributed by atoms with Gasteiger partial charge < -0.3 is 0 Å². The van der Waals surface area contributed by atoms with Gasteiger partial charge in [0.05, 0.1) is 0 Å². The van der Waals surface area contributed by atoms with Gasteiger partial charge in [-0.1, -0.05) is 76.3 Å². The van der Waals surface area contributed by atoms with Crippen molar-refractivity contribution in [3.63, 3.8) is 0 Å². The largest absolute Gasteiger partial charge is 0.294 e. The van der Waals surface area contributed by atoms with Gasteiger partial charge in [0, 0.05) is 12.0 Å². The Kier molecular flexibility index (Phi) is 6.61. The van der Waals surface area contributed by atoms with Gasteiger partial charge in [-0.05, 0) is 5.92 Å². The zero-order chi connectivity index (χ0) is 12.5. The molecule has 0 aromatic heterocycles. The lowest BCUT2D eigenvalue weighted by Crippen LogP contribution is -2.09. The van der Waals surface area contributed by atoms with Crippen molar-refractivity contribution in [2.75, 3.05) is 0 Å². The smallest absolute Gasteiger partial charge is 0.163 e. The lowest BCUT2D eigenvalue weighted by atomic mass is 9.90. The molecular formula is C16H24O. The molecule has 1 heteroatoms. The fraction of sp³-hybridized carbons (Fsp3) is 0.562. The van der Waals surface area contributed by atoms with Gasteiger partial charge in [0.25, 0.3) is 0 Å². The Labute approximate surface area is 105 Å². The van der Waals surface area contributed by atoms with Crippen LogP contribution >= 0.6 is 0 Å². The molecule has 0 aliphatic rings. The number of carbonyl (C=O) groups excluding carboxylic acids is 1. The van der Waals surface area contributed by atoms with Crippen molar-refractivity contribution < 1.29 is 4.79 Å². The molecule has 0 spiro atoms. The van der Waals surface area contributed by atoms with Crippen molar-refractivity contribution in [1.82, 2.24) is 0 Å². The monoisotopic (exact) mass is 232 g/mol. The standard InChI is InChI=1S/C16H24O/c1-3-5-10-14(9-4-2)13-16(17)15-11-7-6-8-12-15/h6-8,11-12,14H,3-5,9-10,13H2,1-2H3. The van der Waals surface area contributed by atoms with E-state index in [1.807, 2.05) is 30.3 Å². The Morgan fingerprint density at radius 1 is 1.06 bits per heavy atom. The van der Waals surface area contributed by atoms with Crippen LogP contribution in [0.15, 0.2) is 30.3 Å². The van der Waals surface area contributed by atoms with E-state index in [9.17, 15) is 4.79 Å². The van der Waals surface area contributed by atoms with Gasteiger partial charge in [-0.25, -0.2) is 0 Å². The summed E-state index contributed by atoms with van der Waals surface area (Å²) < 4.78 is 0. The zero-order valence-corrected chi connectivity index (χ0v) is 11.1. The number of benzene rings is 1. The lowest BCUT2D eigenvalue weighted by molar-refractivity contribution is 0.0955. The van der Waals surface area contributed by atoms with E-state index in [0.717, 1.165) is 12.0 Å². The Morgan fingerprint density at radius 2 is 1.76 bits per heavy atom. The minimum atomic E-state index is 0.306. The molecule has 1 atom stereocenters. The molecule has 94 valence electrons. The van der Waals surface area contributed by atoms with Crippen LogP contribution < -0.4 is 0 Å². The van der Waals surface area contributed by atoms with Crippen molar-refractivity contribution in [2.45, 2.75) is 52.4 Å². The van der Waals surface area contributed by atoms with Gasteiger partial charge in [-0.3, -0.25) is 4.79 Å². The zero-order valence-electron chi connectivity index (χ0n) is 11.1. The number of rotatable bonds is 8. The van der Waals surface area contributed by atoms with E-state index in [-0.39, 0.29) is 0 Å². The molecule has 0 radical (unpaired) electrons. The summed E-state index contributed by atoms with van der Waals surface area (Å²) in [5.41, 5.74) is 0.866. The first-order valence-corrected chi connectivity index (χ1v) is 6.86. The third-order valence-corrected chi connectivity index (χ3v) is 3.23. The van der Waals surface area contributed by atoms with Crippen LogP contribution in [0.3, 0.4) is 0 Å². The van der Waals surface area contributed by atoms with Gasteiger partial charge in [0.1, 0.15) is 0 Å². The van der Waals surface area contributed by atoms with E-state index in [2.05, 4.69) is 13.8 Å². The first-order chi connectivity index (χ1) is 8.27. The summed E-state index contributed by atoms with van der Waals surface area (Å²) in [4.78, 5) is 12.1. The summed E-state index contributed by atoms with van der Waals surface area (Å²) >= 11 is 0. The minimum absolute atomic E-state index is 0.306. The molecule has 0 amide bonds. The summed E-state index contributed by atoms with van der Waals surface area (Å²) in [6, 6.07) is 9.68. The quantitative estimate of drug-likeness (QED) is 0.585. The van der Waals surface area contributed by atoms with E-state index in [1.54, 1.807) is 0 Å². The molecule has 0 saturated heterocycles. The second-order valence-electron chi connectivity index (χ2n) is 4.79. The predicted octanol–water partition coefficient (Wildman–Crippen LogP) is 4.87. The normalized spacial score (nSPS) is 12.4. The van der Waals surface area contributed by atoms with Crippen molar-refractivity contribution >= 4 is 5.78 Å². The summed E-state index contributed by atoms with van der Waals surface area (Å²) in [7, 11) is 0. The molecule has 17 heavy (non-hydrogen) atoms. The average Bonchev–Trinajstić information content (AvgIpc) is 2.37. The van der Waals surface area contributed by atoms with Crippen LogP contribution in [-0.4, -0.2) is 5.78 Å². The second kappa shape index (κ2) is 8.05. The van der Waals surface area contributed by atoms with Crippen LogP contribution in [-0.2, 0) is 0 Å². The SMILES string of the molecule is CCCCC(CCC)CC(=O)c1ccccc1. The molecule has 0 aliphatic carbocycles. The highest BCUT2D eigenvalue weighted by atomic mass is 16.1. The highest BCUT2D eigenvalue weighted by molar-refractivity contribution is 5.96. The van der Waals surface area contributed by atoms with Gasteiger partial charge in [0.2, 0.25) is 0 Å². The molecule has 0 N–H and O–H groups in total. The Hall–Kier alpha value is -1.11. The molecule has 0 saturated carbocycles. The molecule has 1 aromatic carbocycles. The number of hydrogen-bond acceptors (Lipinski definition) is 1. The Bertz CT molecular complexity index is 316. The summed E-state index contributed by atoms with van der Waals surface area (Å²) in [6.07, 6.45) is 6.74. The molecule has 0 fully saturated rings. The highest BCUT2D eigenvalue weighted by Gasteiger charge is 2.13. The summed E-state index contributed by atoms with van der Waals surface area (Å²) in [6.45, 7) is 4.41. The molecule has 1 aromatic rings. The van der Waals surface area contributed by atoms with Gasteiger partial charge in [-0.2, -0.15) is 0 Å². The molecule has 0 bridgehead atoms. The van der Waals surface area contributed by atoms with E-state index in [1.165, 1.54) is 32.1 Å². The third kappa shape index (κ3) is 5.16. The van der Waals surface area contributed by atoms with E-state index in [0.29, 0.717) is 11.7 Å². The lowest BCUT2D eigenvalue weighted by Gasteiger charge is -2.14. The molecular weight excluding hydrogens is 208 g/mol. The summed E-state index contributed by atoms with van der Waals surface area (Å²) in [5.74, 6) is 0.882. The number of ketones is 1. The minimum Gasteiger partial charge on any atom is -0.294 e. The van der Waals surface area contributed by atoms with E-state index < -0.39 is 0 Å². The van der Waals surface area contributed by atoms with Crippen LogP contribution in [0.5, 0.6) is 0 Å². The average molecular weight is 232 g/mol.